The fourth-order valence-electron chi connectivity index (χ4n) is 7.98. The highest BCUT2D eigenvalue weighted by molar-refractivity contribution is 7.17. The van der Waals surface area contributed by atoms with Crippen LogP contribution < -0.4 is 25.8 Å². The van der Waals surface area contributed by atoms with Crippen molar-refractivity contribution < 1.29 is 19.2 Å². The van der Waals surface area contributed by atoms with E-state index in [9.17, 15) is 19.2 Å². The standard InChI is InChI=1S/C43H53ClN10O4S/c1-29-9-7-10-34(44)40(29)50-42(58)35-28-45-43(59-35)48-36-27-37(47-30(2)46-36)53-25-23-51(24-26-53)18-4-3-11-39(56)54-20-6-5-19-52(21-8-22-54)32-14-12-31(13-15-32)33-16-17-38(55)49-41(33)57/h7,9-10,12-15,27-28,33H,3-6,8,11,16-26H2,1-2H3,(H,50,58)(H,49,55,57)(H,45,46,47,48). The summed E-state index contributed by atoms with van der Waals surface area (Å²) in [5, 5.41) is 9.65. The molecule has 3 aliphatic rings. The van der Waals surface area contributed by atoms with E-state index < -0.39 is 0 Å². The van der Waals surface area contributed by atoms with Crippen molar-refractivity contribution in [3.05, 3.63) is 81.6 Å². The first kappa shape index (κ1) is 42.0. The summed E-state index contributed by atoms with van der Waals surface area (Å²) >= 11 is 7.54. The summed E-state index contributed by atoms with van der Waals surface area (Å²) in [6.07, 6.45) is 7.79. The van der Waals surface area contributed by atoms with Crippen LogP contribution in [0.4, 0.5) is 28.1 Å². The van der Waals surface area contributed by atoms with Crippen molar-refractivity contribution in [3.63, 3.8) is 0 Å². The third kappa shape index (κ3) is 11.1. The summed E-state index contributed by atoms with van der Waals surface area (Å²) in [6, 6.07) is 15.6. The molecule has 0 radical (unpaired) electrons. The van der Waals surface area contributed by atoms with E-state index in [0.717, 1.165) is 114 Å². The number of nitrogens with zero attached hydrogens (tertiary/aromatic N) is 7. The number of hydrogen-bond donors (Lipinski definition) is 3. The number of piperazine rings is 1. The van der Waals surface area contributed by atoms with Gasteiger partial charge in [-0.3, -0.25) is 29.4 Å². The Labute approximate surface area is 354 Å². The minimum atomic E-state index is -0.276. The van der Waals surface area contributed by atoms with E-state index in [1.807, 2.05) is 44.2 Å². The van der Waals surface area contributed by atoms with Crippen LogP contribution in [0.25, 0.3) is 0 Å². The lowest BCUT2D eigenvalue weighted by molar-refractivity contribution is -0.134. The first-order valence-corrected chi connectivity index (χ1v) is 21.9. The van der Waals surface area contributed by atoms with Crippen molar-refractivity contribution in [1.82, 2.24) is 30.1 Å². The molecule has 0 saturated carbocycles. The molecule has 3 saturated heterocycles. The number of nitrogens with one attached hydrogen (secondary N) is 3. The van der Waals surface area contributed by atoms with E-state index in [0.29, 0.717) is 51.6 Å². The molecular weight excluding hydrogens is 788 g/mol. The Kier molecular flexibility index (Phi) is 14.1. The Morgan fingerprint density at radius 1 is 0.898 bits per heavy atom. The van der Waals surface area contributed by atoms with E-state index in [4.69, 9.17) is 16.6 Å². The summed E-state index contributed by atoms with van der Waals surface area (Å²) in [4.78, 5) is 73.5. The van der Waals surface area contributed by atoms with Gasteiger partial charge < -0.3 is 25.3 Å². The first-order chi connectivity index (χ1) is 28.6. The summed E-state index contributed by atoms with van der Waals surface area (Å²) in [5.41, 5.74) is 3.55. The zero-order chi connectivity index (χ0) is 41.3. The topological polar surface area (TPSA) is 156 Å². The minimum Gasteiger partial charge on any atom is -0.371 e. The number of aryl methyl sites for hydroxylation is 2. The molecule has 59 heavy (non-hydrogen) atoms. The van der Waals surface area contributed by atoms with Crippen molar-refractivity contribution >= 4 is 74.7 Å². The maximum Gasteiger partial charge on any atom is 0.267 e. The maximum absolute atomic E-state index is 13.3. The maximum atomic E-state index is 13.3. The number of piperidine rings is 1. The molecule has 3 aliphatic heterocycles. The second kappa shape index (κ2) is 19.8. The zero-order valence-electron chi connectivity index (χ0n) is 33.8. The fourth-order valence-corrected chi connectivity index (χ4v) is 8.97. The van der Waals surface area contributed by atoms with Crippen molar-refractivity contribution in [3.8, 4) is 0 Å². The number of para-hydroxylation sites is 1. The number of unbranched alkanes of at least 4 members (excludes halogenated alkanes) is 1. The van der Waals surface area contributed by atoms with Crippen molar-refractivity contribution in [1.29, 1.82) is 0 Å². The number of imide groups is 1. The van der Waals surface area contributed by atoms with E-state index in [2.05, 4.69) is 57.7 Å². The third-order valence-electron chi connectivity index (χ3n) is 11.3. The monoisotopic (exact) mass is 840 g/mol. The Hall–Kier alpha value is -5.12. The van der Waals surface area contributed by atoms with Gasteiger partial charge in [-0.1, -0.05) is 47.2 Å². The van der Waals surface area contributed by atoms with Gasteiger partial charge in [-0.05, 0) is 88.2 Å². The third-order valence-corrected chi connectivity index (χ3v) is 12.5. The largest absolute Gasteiger partial charge is 0.371 e. The van der Waals surface area contributed by atoms with Gasteiger partial charge >= 0.3 is 0 Å². The van der Waals surface area contributed by atoms with Crippen LogP contribution in [0, 0.1) is 13.8 Å². The summed E-state index contributed by atoms with van der Waals surface area (Å²) in [7, 11) is 0. The minimum absolute atomic E-state index is 0.196. The van der Waals surface area contributed by atoms with Crippen LogP contribution >= 0.6 is 22.9 Å². The van der Waals surface area contributed by atoms with Crippen LogP contribution in [0.2, 0.25) is 5.02 Å². The van der Waals surface area contributed by atoms with Crippen LogP contribution in [-0.4, -0.2) is 107 Å². The van der Waals surface area contributed by atoms with Crippen LogP contribution in [0.3, 0.4) is 0 Å². The number of carbonyl (C=O) groups excluding carboxylic acids is 4. The van der Waals surface area contributed by atoms with Gasteiger partial charge in [0.05, 0.1) is 22.8 Å². The predicted molar refractivity (Wildman–Crippen MR) is 233 cm³/mol. The van der Waals surface area contributed by atoms with Crippen molar-refractivity contribution in [2.45, 2.75) is 71.1 Å². The van der Waals surface area contributed by atoms with Gasteiger partial charge in [0.15, 0.2) is 5.13 Å². The molecular formula is C43H53ClN10O4S. The second-order valence-corrected chi connectivity index (χ2v) is 16.9. The lowest BCUT2D eigenvalue weighted by atomic mass is 9.90. The molecule has 0 spiro atoms. The molecule has 5 heterocycles. The van der Waals surface area contributed by atoms with Crippen molar-refractivity contribution in [2.75, 3.05) is 79.3 Å². The van der Waals surface area contributed by atoms with Gasteiger partial charge in [-0.25, -0.2) is 15.0 Å². The Morgan fingerprint density at radius 3 is 2.44 bits per heavy atom. The Morgan fingerprint density at radius 2 is 1.66 bits per heavy atom. The normalized spacial score (nSPS) is 18.2. The molecule has 2 aromatic carbocycles. The van der Waals surface area contributed by atoms with Gasteiger partial charge in [0, 0.05) is 77.0 Å². The van der Waals surface area contributed by atoms with Crippen LogP contribution in [0.1, 0.15) is 83.9 Å². The molecule has 16 heteroatoms. The number of aromatic nitrogens is 3. The number of amides is 4. The van der Waals surface area contributed by atoms with Crippen LogP contribution in [0.15, 0.2) is 54.7 Å². The van der Waals surface area contributed by atoms with Gasteiger partial charge in [0.2, 0.25) is 17.7 Å². The lowest BCUT2D eigenvalue weighted by Gasteiger charge is -2.35. The molecule has 3 fully saturated rings. The molecule has 4 amide bonds. The van der Waals surface area contributed by atoms with Gasteiger partial charge in [0.25, 0.3) is 5.91 Å². The number of carbonyl (C=O) groups is 4. The average molecular weight is 841 g/mol. The molecule has 14 nitrogen and oxygen atoms in total. The molecule has 1 unspecified atom stereocenters. The van der Waals surface area contributed by atoms with Crippen molar-refractivity contribution in [2.24, 2.45) is 0 Å². The molecule has 0 aliphatic carbocycles. The summed E-state index contributed by atoms with van der Waals surface area (Å²) in [6.45, 7) is 11.6. The smallest absolute Gasteiger partial charge is 0.267 e. The quantitative estimate of drug-likeness (QED) is 0.105. The highest BCUT2D eigenvalue weighted by atomic mass is 35.5. The number of rotatable bonds is 12. The van der Waals surface area contributed by atoms with E-state index in [1.165, 1.54) is 11.3 Å². The second-order valence-electron chi connectivity index (χ2n) is 15.5. The number of benzene rings is 2. The number of hydrogen-bond acceptors (Lipinski definition) is 12. The highest BCUT2D eigenvalue weighted by Crippen LogP contribution is 2.30. The average Bonchev–Trinajstić information content (AvgIpc) is 3.73. The molecule has 0 bridgehead atoms. The summed E-state index contributed by atoms with van der Waals surface area (Å²) in [5.74, 6) is 1.41. The number of halogens is 1. The fraction of sp³-hybridized carbons (Fsp3) is 0.465. The summed E-state index contributed by atoms with van der Waals surface area (Å²) < 4.78 is 0. The Balaban J connectivity index is 0.811. The lowest BCUT2D eigenvalue weighted by Crippen LogP contribution is -2.47. The number of thiazole rings is 1. The first-order valence-electron chi connectivity index (χ1n) is 20.7. The van der Waals surface area contributed by atoms with Gasteiger partial charge in [-0.15, -0.1) is 0 Å². The zero-order valence-corrected chi connectivity index (χ0v) is 35.4. The molecule has 3 N–H and O–H groups in total. The molecule has 1 atom stereocenters. The van der Waals surface area contributed by atoms with E-state index >= 15 is 0 Å². The number of anilines is 5. The Bertz CT molecular complexity index is 2100. The highest BCUT2D eigenvalue weighted by Gasteiger charge is 2.28. The van der Waals surface area contributed by atoms with Crippen LogP contribution in [-0.2, 0) is 14.4 Å². The predicted octanol–water partition coefficient (Wildman–Crippen LogP) is 6.53. The van der Waals surface area contributed by atoms with Crippen LogP contribution in [0.5, 0.6) is 0 Å². The van der Waals surface area contributed by atoms with E-state index in [1.54, 1.807) is 12.3 Å². The molecule has 2 aromatic heterocycles. The van der Waals surface area contributed by atoms with Gasteiger partial charge in [-0.2, -0.15) is 0 Å². The molecule has 7 rings (SSSR count). The SMILES string of the molecule is Cc1nc(Nc2ncc(C(=O)Nc3c(C)cccc3Cl)s2)cc(N2CCN(CCCCC(=O)N3CCCCN(c4ccc(C5CCC(=O)NC5=O)cc4)CCC3)CC2)n1. The molecule has 312 valence electrons. The molecule has 4 aromatic rings. The van der Waals surface area contributed by atoms with Gasteiger partial charge in [0.1, 0.15) is 22.3 Å². The van der Waals surface area contributed by atoms with E-state index in [-0.39, 0.29) is 29.5 Å².